The molecule has 0 N–H and O–H groups in total. The first kappa shape index (κ1) is 7.72. The monoisotopic (exact) mass is 175 g/mol. The number of ether oxygens (including phenoxy) is 1. The molecule has 1 aromatic rings. The van der Waals surface area contributed by atoms with Crippen molar-refractivity contribution in [3.05, 3.63) is 29.8 Å². The van der Waals surface area contributed by atoms with E-state index >= 15 is 0 Å². The molecular formula is C8H7N4O. The minimum absolute atomic E-state index is 0.530. The minimum Gasteiger partial charge on any atom is -0.497 e. The summed E-state index contributed by atoms with van der Waals surface area (Å²) >= 11 is 0. The lowest BCUT2D eigenvalue weighted by Gasteiger charge is -1.99. The third-order valence-corrected chi connectivity index (χ3v) is 1.67. The Labute approximate surface area is 75.1 Å². The van der Waals surface area contributed by atoms with E-state index in [0.29, 0.717) is 5.84 Å². The molecule has 65 valence electrons. The molecule has 0 bridgehead atoms. The van der Waals surface area contributed by atoms with Crippen LogP contribution < -0.4 is 10.3 Å². The SMILES string of the molecule is COc1ccc(C2=N[N]N=N2)cc1. The van der Waals surface area contributed by atoms with Crippen LogP contribution in [0.2, 0.25) is 0 Å². The van der Waals surface area contributed by atoms with Gasteiger partial charge in [0.15, 0.2) is 0 Å². The van der Waals surface area contributed by atoms with E-state index < -0.39 is 0 Å². The van der Waals surface area contributed by atoms with Crippen LogP contribution in [0.1, 0.15) is 5.56 Å². The molecule has 0 saturated heterocycles. The second kappa shape index (κ2) is 3.22. The summed E-state index contributed by atoms with van der Waals surface area (Å²) in [5.41, 5.74) is 4.28. The van der Waals surface area contributed by atoms with E-state index in [2.05, 4.69) is 21.0 Å². The Bertz CT molecular complexity index is 355. The van der Waals surface area contributed by atoms with Gasteiger partial charge in [-0.05, 0) is 35.0 Å². The summed E-state index contributed by atoms with van der Waals surface area (Å²) in [6, 6.07) is 7.40. The third-order valence-electron chi connectivity index (χ3n) is 1.67. The topological polar surface area (TPSA) is 60.4 Å². The number of hydrogen-bond acceptors (Lipinski definition) is 4. The predicted octanol–water partition coefficient (Wildman–Crippen LogP) is 1.34. The van der Waals surface area contributed by atoms with E-state index in [-0.39, 0.29) is 0 Å². The number of benzene rings is 1. The Morgan fingerprint density at radius 2 is 1.92 bits per heavy atom. The number of rotatable bonds is 2. The Balaban J connectivity index is 2.27. The largest absolute Gasteiger partial charge is 0.497 e. The molecule has 0 saturated carbocycles. The summed E-state index contributed by atoms with van der Waals surface area (Å²) in [5.74, 6) is 1.33. The van der Waals surface area contributed by atoms with Crippen LogP contribution in [0.4, 0.5) is 0 Å². The maximum absolute atomic E-state index is 5.01. The van der Waals surface area contributed by atoms with Crippen LogP contribution in [0.5, 0.6) is 5.75 Å². The average Bonchev–Trinajstić information content (AvgIpc) is 2.71. The molecule has 0 atom stereocenters. The van der Waals surface area contributed by atoms with Gasteiger partial charge in [0, 0.05) is 5.56 Å². The summed E-state index contributed by atoms with van der Waals surface area (Å²) in [4.78, 5) is 0. The Kier molecular flexibility index (Phi) is 1.91. The first-order valence-corrected chi connectivity index (χ1v) is 3.73. The van der Waals surface area contributed by atoms with Crippen LogP contribution in [0.3, 0.4) is 0 Å². The second-order valence-electron chi connectivity index (χ2n) is 2.43. The molecule has 1 aliphatic rings. The zero-order valence-electron chi connectivity index (χ0n) is 7.01. The lowest BCUT2D eigenvalue weighted by Crippen LogP contribution is -1.94. The standard InChI is InChI=1S/C8H7N4O/c1-13-7-4-2-6(3-5-7)8-9-11-12-10-8/h2-5H,1H3. The molecule has 1 aliphatic heterocycles. The smallest absolute Gasteiger partial charge is 0.207 e. The van der Waals surface area contributed by atoms with Gasteiger partial charge in [0.1, 0.15) is 5.75 Å². The number of methoxy groups -OCH3 is 1. The fourth-order valence-corrected chi connectivity index (χ4v) is 1.00. The molecule has 1 aromatic carbocycles. The molecule has 0 unspecified atom stereocenters. The maximum Gasteiger partial charge on any atom is 0.207 e. The Morgan fingerprint density at radius 1 is 1.15 bits per heavy atom. The molecule has 2 rings (SSSR count). The van der Waals surface area contributed by atoms with Gasteiger partial charge in [-0.2, -0.15) is 0 Å². The first-order chi connectivity index (χ1) is 6.40. The normalized spacial score (nSPS) is 13.8. The molecule has 5 heteroatoms. The van der Waals surface area contributed by atoms with E-state index in [4.69, 9.17) is 4.74 Å². The average molecular weight is 175 g/mol. The molecule has 5 nitrogen and oxygen atoms in total. The number of hydrogen-bond donors (Lipinski definition) is 0. The summed E-state index contributed by atoms with van der Waals surface area (Å²) in [6.45, 7) is 0. The summed E-state index contributed by atoms with van der Waals surface area (Å²) in [5, 5.41) is 10.9. The molecule has 13 heavy (non-hydrogen) atoms. The van der Waals surface area contributed by atoms with E-state index in [1.54, 1.807) is 7.11 Å². The van der Waals surface area contributed by atoms with Gasteiger partial charge >= 0.3 is 0 Å². The van der Waals surface area contributed by atoms with Gasteiger partial charge in [0.05, 0.1) is 7.11 Å². The molecule has 0 amide bonds. The highest BCUT2D eigenvalue weighted by Gasteiger charge is 2.06. The van der Waals surface area contributed by atoms with Crippen LogP contribution in [-0.4, -0.2) is 12.9 Å². The molecule has 0 spiro atoms. The van der Waals surface area contributed by atoms with Gasteiger partial charge in [0.2, 0.25) is 5.84 Å². The van der Waals surface area contributed by atoms with E-state index in [9.17, 15) is 0 Å². The molecule has 0 fully saturated rings. The van der Waals surface area contributed by atoms with Crippen molar-refractivity contribution in [3.63, 3.8) is 0 Å². The highest BCUT2D eigenvalue weighted by atomic mass is 16.5. The molecule has 0 aromatic heterocycles. The van der Waals surface area contributed by atoms with Gasteiger partial charge in [-0.25, -0.2) is 0 Å². The summed E-state index contributed by atoms with van der Waals surface area (Å²) < 4.78 is 5.01. The van der Waals surface area contributed by atoms with Crippen molar-refractivity contribution in [1.29, 1.82) is 0 Å². The second-order valence-corrected chi connectivity index (χ2v) is 2.43. The summed E-state index contributed by atoms with van der Waals surface area (Å²) in [7, 11) is 1.62. The lowest BCUT2D eigenvalue weighted by atomic mass is 10.2. The van der Waals surface area contributed by atoms with E-state index in [0.717, 1.165) is 11.3 Å². The van der Waals surface area contributed by atoms with Crippen LogP contribution in [0, 0.1) is 0 Å². The van der Waals surface area contributed by atoms with Crippen molar-refractivity contribution in [3.8, 4) is 5.75 Å². The van der Waals surface area contributed by atoms with Crippen molar-refractivity contribution in [2.45, 2.75) is 0 Å². The van der Waals surface area contributed by atoms with Crippen molar-refractivity contribution in [2.75, 3.05) is 7.11 Å². The molecule has 0 aliphatic carbocycles. The molecule has 1 radical (unpaired) electrons. The highest BCUT2D eigenvalue weighted by molar-refractivity contribution is 5.99. The predicted molar refractivity (Wildman–Crippen MR) is 46.5 cm³/mol. The lowest BCUT2D eigenvalue weighted by molar-refractivity contribution is 0.415. The first-order valence-electron chi connectivity index (χ1n) is 3.73. The Hall–Kier alpha value is -1.91. The van der Waals surface area contributed by atoms with Gasteiger partial charge in [-0.3, -0.25) is 0 Å². The third kappa shape index (κ3) is 1.48. The van der Waals surface area contributed by atoms with Gasteiger partial charge in [-0.1, -0.05) is 0 Å². The van der Waals surface area contributed by atoms with Crippen molar-refractivity contribution >= 4 is 5.84 Å². The van der Waals surface area contributed by atoms with Crippen molar-refractivity contribution < 1.29 is 4.74 Å². The van der Waals surface area contributed by atoms with Crippen molar-refractivity contribution in [2.24, 2.45) is 15.4 Å². The highest BCUT2D eigenvalue weighted by Crippen LogP contribution is 2.13. The number of amidine groups is 1. The van der Waals surface area contributed by atoms with E-state index in [1.165, 1.54) is 0 Å². The van der Waals surface area contributed by atoms with Crippen molar-refractivity contribution in [1.82, 2.24) is 5.53 Å². The van der Waals surface area contributed by atoms with Gasteiger partial charge < -0.3 is 4.74 Å². The fourth-order valence-electron chi connectivity index (χ4n) is 1.00. The van der Waals surface area contributed by atoms with Crippen LogP contribution >= 0.6 is 0 Å². The fraction of sp³-hybridized carbons (Fsp3) is 0.125. The van der Waals surface area contributed by atoms with Crippen LogP contribution in [-0.2, 0) is 0 Å². The zero-order chi connectivity index (χ0) is 9.10. The molecule has 1 heterocycles. The van der Waals surface area contributed by atoms with Gasteiger partial charge in [-0.15, -0.1) is 10.2 Å². The van der Waals surface area contributed by atoms with Gasteiger partial charge in [0.25, 0.3) is 0 Å². The van der Waals surface area contributed by atoms with E-state index in [1.807, 2.05) is 24.3 Å². The maximum atomic E-state index is 5.01. The number of nitrogens with zero attached hydrogens (tertiary/aromatic N) is 4. The Morgan fingerprint density at radius 3 is 2.46 bits per heavy atom. The minimum atomic E-state index is 0.530. The quantitative estimate of drug-likeness (QED) is 0.669. The zero-order valence-corrected chi connectivity index (χ0v) is 7.01. The van der Waals surface area contributed by atoms with Crippen LogP contribution in [0.15, 0.2) is 39.7 Å². The molecular weight excluding hydrogens is 168 g/mol. The van der Waals surface area contributed by atoms with Crippen LogP contribution in [0.25, 0.3) is 0 Å². The summed E-state index contributed by atoms with van der Waals surface area (Å²) in [6.07, 6.45) is 0.